The van der Waals surface area contributed by atoms with Gasteiger partial charge in [0.05, 0.1) is 0 Å². The average molecular weight is 248 g/mol. The zero-order valence-corrected chi connectivity index (χ0v) is 11.4. The molecule has 1 aromatic carbocycles. The molecule has 1 aliphatic heterocycles. The number of rotatable bonds is 4. The van der Waals surface area contributed by atoms with Gasteiger partial charge < -0.3 is 15.3 Å². The lowest BCUT2D eigenvalue weighted by Crippen LogP contribution is -2.35. The van der Waals surface area contributed by atoms with Crippen molar-refractivity contribution in [2.75, 3.05) is 33.7 Å². The highest BCUT2D eigenvalue weighted by atomic mass is 16.3. The van der Waals surface area contributed by atoms with Crippen LogP contribution >= 0.6 is 0 Å². The molecule has 1 unspecified atom stereocenters. The molecule has 0 amide bonds. The fourth-order valence-corrected chi connectivity index (χ4v) is 2.96. The molecule has 0 radical (unpaired) electrons. The van der Waals surface area contributed by atoms with E-state index in [0.29, 0.717) is 11.7 Å². The topological polar surface area (TPSA) is 35.5 Å². The maximum atomic E-state index is 9.64. The van der Waals surface area contributed by atoms with Gasteiger partial charge in [-0.2, -0.15) is 0 Å². The van der Waals surface area contributed by atoms with Crippen LogP contribution in [0.5, 0.6) is 5.75 Å². The van der Waals surface area contributed by atoms with Crippen molar-refractivity contribution in [3.8, 4) is 5.75 Å². The Morgan fingerprint density at radius 2 is 2.11 bits per heavy atom. The number of phenolic OH excluding ortho intramolecular Hbond substituents is 1. The maximum absolute atomic E-state index is 9.64. The fraction of sp³-hybridized carbons (Fsp3) is 0.600. The molecular weight excluding hydrogens is 224 g/mol. The van der Waals surface area contributed by atoms with Crippen LogP contribution in [0.1, 0.15) is 24.3 Å². The number of hydrogen-bond acceptors (Lipinski definition) is 3. The molecule has 2 rings (SSSR count). The summed E-state index contributed by atoms with van der Waals surface area (Å²) < 4.78 is 0. The summed E-state index contributed by atoms with van der Waals surface area (Å²) in [6.07, 6.45) is 2.50. The van der Waals surface area contributed by atoms with Gasteiger partial charge in [0.2, 0.25) is 0 Å². The molecule has 0 aliphatic carbocycles. The van der Waals surface area contributed by atoms with Gasteiger partial charge in [-0.05, 0) is 69.6 Å². The van der Waals surface area contributed by atoms with Crippen molar-refractivity contribution >= 4 is 0 Å². The smallest absolute Gasteiger partial charge is 0.115 e. The number of nitrogens with one attached hydrogen (secondary N) is 1. The predicted molar refractivity (Wildman–Crippen MR) is 75.0 cm³/mol. The Morgan fingerprint density at radius 3 is 2.72 bits per heavy atom. The van der Waals surface area contributed by atoms with E-state index in [9.17, 15) is 5.11 Å². The molecule has 1 atom stereocenters. The van der Waals surface area contributed by atoms with Crippen LogP contribution in [0.3, 0.4) is 0 Å². The Balaban J connectivity index is 2.12. The van der Waals surface area contributed by atoms with Crippen LogP contribution in [-0.2, 0) is 0 Å². The van der Waals surface area contributed by atoms with Gasteiger partial charge in [0.15, 0.2) is 0 Å². The van der Waals surface area contributed by atoms with Crippen LogP contribution in [0.25, 0.3) is 0 Å². The van der Waals surface area contributed by atoms with Crippen LogP contribution in [-0.4, -0.2) is 43.7 Å². The summed E-state index contributed by atoms with van der Waals surface area (Å²) in [5, 5.41) is 12.9. The van der Waals surface area contributed by atoms with E-state index >= 15 is 0 Å². The second-order valence-electron chi connectivity index (χ2n) is 5.40. The van der Waals surface area contributed by atoms with Crippen LogP contribution in [0.4, 0.5) is 0 Å². The number of piperidine rings is 1. The van der Waals surface area contributed by atoms with E-state index in [0.717, 1.165) is 12.5 Å². The van der Waals surface area contributed by atoms with Crippen LogP contribution in [0.15, 0.2) is 24.3 Å². The van der Waals surface area contributed by atoms with Crippen LogP contribution < -0.4 is 5.32 Å². The van der Waals surface area contributed by atoms with E-state index in [-0.39, 0.29) is 0 Å². The Labute approximate surface area is 110 Å². The summed E-state index contributed by atoms with van der Waals surface area (Å²) in [5.74, 6) is 1.60. The first-order valence-corrected chi connectivity index (χ1v) is 6.82. The Hall–Kier alpha value is -1.06. The fourth-order valence-electron chi connectivity index (χ4n) is 2.96. The molecule has 0 saturated carbocycles. The molecule has 3 nitrogen and oxygen atoms in total. The minimum Gasteiger partial charge on any atom is -0.508 e. The van der Waals surface area contributed by atoms with Crippen molar-refractivity contribution < 1.29 is 5.11 Å². The van der Waals surface area contributed by atoms with Crippen LogP contribution in [0, 0.1) is 5.92 Å². The molecule has 1 aromatic rings. The first kappa shape index (κ1) is 13.4. The van der Waals surface area contributed by atoms with E-state index in [4.69, 9.17) is 0 Å². The van der Waals surface area contributed by atoms with Crippen molar-refractivity contribution in [3.05, 3.63) is 29.8 Å². The van der Waals surface area contributed by atoms with Crippen molar-refractivity contribution in [2.24, 2.45) is 5.92 Å². The van der Waals surface area contributed by atoms with Gasteiger partial charge in [0, 0.05) is 6.54 Å². The third-order valence-corrected chi connectivity index (χ3v) is 4.05. The zero-order chi connectivity index (χ0) is 13.0. The van der Waals surface area contributed by atoms with Gasteiger partial charge in [-0.15, -0.1) is 0 Å². The normalized spacial score (nSPS) is 19.9. The summed E-state index contributed by atoms with van der Waals surface area (Å²) in [6, 6.07) is 7.75. The number of hydrogen-bond donors (Lipinski definition) is 2. The van der Waals surface area contributed by atoms with Gasteiger partial charge in [-0.25, -0.2) is 0 Å². The third kappa shape index (κ3) is 3.24. The van der Waals surface area contributed by atoms with Gasteiger partial charge in [0.25, 0.3) is 0 Å². The summed E-state index contributed by atoms with van der Waals surface area (Å²) in [5.41, 5.74) is 1.26. The standard InChI is InChI=1S/C15H24N2O/c1-16-11-15(12-6-8-17(2)9-7-12)13-4-3-5-14(18)10-13/h3-5,10,12,15-16,18H,6-9,11H2,1-2H3. The van der Waals surface area contributed by atoms with Crippen molar-refractivity contribution in [2.45, 2.75) is 18.8 Å². The number of phenols is 1. The van der Waals surface area contributed by atoms with E-state index < -0.39 is 0 Å². The van der Waals surface area contributed by atoms with Gasteiger partial charge >= 0.3 is 0 Å². The summed E-state index contributed by atoms with van der Waals surface area (Å²) >= 11 is 0. The summed E-state index contributed by atoms with van der Waals surface area (Å²) in [4.78, 5) is 2.40. The third-order valence-electron chi connectivity index (χ3n) is 4.05. The van der Waals surface area contributed by atoms with E-state index in [1.54, 1.807) is 6.07 Å². The molecule has 1 heterocycles. The van der Waals surface area contributed by atoms with Gasteiger partial charge in [-0.1, -0.05) is 12.1 Å². The predicted octanol–water partition coefficient (Wildman–Crippen LogP) is 2.04. The van der Waals surface area contributed by atoms with Crippen molar-refractivity contribution in [3.63, 3.8) is 0 Å². The van der Waals surface area contributed by atoms with Gasteiger partial charge in [-0.3, -0.25) is 0 Å². The minimum absolute atomic E-state index is 0.376. The average Bonchev–Trinajstić information content (AvgIpc) is 2.37. The number of nitrogens with zero attached hydrogens (tertiary/aromatic N) is 1. The summed E-state index contributed by atoms with van der Waals surface area (Å²) in [6.45, 7) is 3.35. The molecular formula is C15H24N2O. The Morgan fingerprint density at radius 1 is 1.39 bits per heavy atom. The van der Waals surface area contributed by atoms with E-state index in [1.165, 1.54) is 31.5 Å². The lowest BCUT2D eigenvalue weighted by Gasteiger charge is -2.34. The SMILES string of the molecule is CNCC(c1cccc(O)c1)C1CCN(C)CC1. The highest BCUT2D eigenvalue weighted by Crippen LogP contribution is 2.33. The molecule has 0 spiro atoms. The molecule has 1 saturated heterocycles. The summed E-state index contributed by atoms with van der Waals surface area (Å²) in [7, 11) is 4.20. The van der Waals surface area contributed by atoms with E-state index in [1.807, 2.05) is 19.2 Å². The first-order valence-electron chi connectivity index (χ1n) is 6.82. The van der Waals surface area contributed by atoms with Crippen molar-refractivity contribution in [1.82, 2.24) is 10.2 Å². The first-order chi connectivity index (χ1) is 8.70. The Kier molecular flexibility index (Phi) is 4.61. The lowest BCUT2D eigenvalue weighted by molar-refractivity contribution is 0.196. The molecule has 0 aromatic heterocycles. The monoisotopic (exact) mass is 248 g/mol. The largest absolute Gasteiger partial charge is 0.508 e. The molecule has 1 aliphatic rings. The second-order valence-corrected chi connectivity index (χ2v) is 5.40. The highest BCUT2D eigenvalue weighted by Gasteiger charge is 2.26. The zero-order valence-electron chi connectivity index (χ0n) is 11.4. The number of likely N-dealkylation sites (N-methyl/N-ethyl adjacent to an activating group) is 1. The maximum Gasteiger partial charge on any atom is 0.115 e. The highest BCUT2D eigenvalue weighted by molar-refractivity contribution is 5.30. The number of aromatic hydroxyl groups is 1. The molecule has 3 heteroatoms. The number of benzene rings is 1. The molecule has 2 N–H and O–H groups in total. The molecule has 18 heavy (non-hydrogen) atoms. The molecule has 1 fully saturated rings. The minimum atomic E-state index is 0.376. The quantitative estimate of drug-likeness (QED) is 0.856. The second kappa shape index (κ2) is 6.21. The van der Waals surface area contributed by atoms with Crippen LogP contribution in [0.2, 0.25) is 0 Å². The molecule has 0 bridgehead atoms. The Bertz CT molecular complexity index is 373. The van der Waals surface area contributed by atoms with E-state index in [2.05, 4.69) is 23.3 Å². The van der Waals surface area contributed by atoms with Gasteiger partial charge in [0.1, 0.15) is 5.75 Å². The molecule has 100 valence electrons. The number of likely N-dealkylation sites (tertiary alicyclic amines) is 1. The lowest BCUT2D eigenvalue weighted by atomic mass is 9.80. The van der Waals surface area contributed by atoms with Crippen molar-refractivity contribution in [1.29, 1.82) is 0 Å².